The fraction of sp³-hybridized carbons (Fsp3) is 0.333. The second kappa shape index (κ2) is 11.4. The average molecular weight is 426 g/mol. The van der Waals surface area contributed by atoms with Crippen molar-refractivity contribution < 1.29 is 9.53 Å². The van der Waals surface area contributed by atoms with E-state index in [1.165, 1.54) is 11.1 Å². The van der Waals surface area contributed by atoms with E-state index in [4.69, 9.17) is 11.6 Å². The van der Waals surface area contributed by atoms with Crippen molar-refractivity contribution in [1.29, 1.82) is 0 Å². The fourth-order valence-corrected chi connectivity index (χ4v) is 2.99. The standard InChI is InChI=1S/C19H18ClN3.C5H10O2/c1-14-17(12-16-4-2-3-5-18(16)20)19(23-13-22-14)7-6-15-8-10-21-11-9-15;1-5(2,3)7-4-6/h2-5,8-11,13H,6-7,12H2,1H3;4H,1-3H3. The summed E-state index contributed by atoms with van der Waals surface area (Å²) in [4.78, 5) is 22.5. The maximum Gasteiger partial charge on any atom is 0.293 e. The lowest BCUT2D eigenvalue weighted by Crippen LogP contribution is -2.17. The topological polar surface area (TPSA) is 65.0 Å². The summed E-state index contributed by atoms with van der Waals surface area (Å²) in [6.07, 6.45) is 7.88. The number of aryl methyl sites for hydroxylation is 3. The zero-order valence-corrected chi connectivity index (χ0v) is 18.7. The molecule has 0 saturated carbocycles. The van der Waals surface area contributed by atoms with E-state index in [-0.39, 0.29) is 5.60 Å². The highest BCUT2D eigenvalue weighted by molar-refractivity contribution is 6.31. The highest BCUT2D eigenvalue weighted by atomic mass is 35.5. The average Bonchev–Trinajstić information content (AvgIpc) is 2.70. The van der Waals surface area contributed by atoms with Crippen molar-refractivity contribution in [1.82, 2.24) is 15.0 Å². The number of ether oxygens (including phenoxy) is 1. The number of carbonyl (C=O) groups is 1. The van der Waals surface area contributed by atoms with Crippen LogP contribution in [0.5, 0.6) is 0 Å². The molecule has 0 saturated heterocycles. The lowest BCUT2D eigenvalue weighted by Gasteiger charge is -2.14. The van der Waals surface area contributed by atoms with Crippen LogP contribution in [0.1, 0.15) is 48.8 Å². The zero-order chi connectivity index (χ0) is 22.0. The minimum atomic E-state index is -0.318. The summed E-state index contributed by atoms with van der Waals surface area (Å²) in [5.74, 6) is 0. The van der Waals surface area contributed by atoms with Gasteiger partial charge in [-0.15, -0.1) is 0 Å². The van der Waals surface area contributed by atoms with E-state index in [9.17, 15) is 4.79 Å². The van der Waals surface area contributed by atoms with Crippen LogP contribution in [-0.4, -0.2) is 27.0 Å². The van der Waals surface area contributed by atoms with Crippen LogP contribution in [0.15, 0.2) is 55.1 Å². The maximum atomic E-state index is 9.60. The number of halogens is 1. The lowest BCUT2D eigenvalue weighted by molar-refractivity contribution is -0.138. The Morgan fingerprint density at radius 2 is 1.73 bits per heavy atom. The number of carbonyl (C=O) groups excluding carboxylic acids is 1. The van der Waals surface area contributed by atoms with E-state index in [0.29, 0.717) is 6.47 Å². The molecule has 0 bridgehead atoms. The third-order valence-electron chi connectivity index (χ3n) is 4.38. The maximum absolute atomic E-state index is 9.60. The largest absolute Gasteiger partial charge is 0.462 e. The van der Waals surface area contributed by atoms with Gasteiger partial charge >= 0.3 is 0 Å². The lowest BCUT2D eigenvalue weighted by atomic mass is 9.98. The second-order valence-corrected chi connectivity index (χ2v) is 8.24. The first kappa shape index (κ1) is 23.5. The van der Waals surface area contributed by atoms with Gasteiger partial charge in [0.25, 0.3) is 6.47 Å². The van der Waals surface area contributed by atoms with Gasteiger partial charge in [-0.2, -0.15) is 0 Å². The molecule has 3 rings (SSSR count). The zero-order valence-electron chi connectivity index (χ0n) is 17.9. The minimum Gasteiger partial charge on any atom is -0.462 e. The molecule has 0 spiro atoms. The molecule has 2 heterocycles. The summed E-state index contributed by atoms with van der Waals surface area (Å²) >= 11 is 6.30. The molecule has 0 aliphatic carbocycles. The molecule has 2 aromatic heterocycles. The highest BCUT2D eigenvalue weighted by Crippen LogP contribution is 2.22. The number of pyridine rings is 1. The van der Waals surface area contributed by atoms with Crippen LogP contribution in [0.2, 0.25) is 5.02 Å². The molecule has 0 radical (unpaired) electrons. The third kappa shape index (κ3) is 7.91. The van der Waals surface area contributed by atoms with Gasteiger partial charge in [-0.3, -0.25) is 9.78 Å². The van der Waals surface area contributed by atoms with Gasteiger partial charge in [0.05, 0.1) is 0 Å². The summed E-state index contributed by atoms with van der Waals surface area (Å²) in [6, 6.07) is 12.0. The molecular weight excluding hydrogens is 398 g/mol. The molecule has 0 N–H and O–H groups in total. The van der Waals surface area contributed by atoms with Crippen LogP contribution < -0.4 is 0 Å². The van der Waals surface area contributed by atoms with Crippen LogP contribution in [0.4, 0.5) is 0 Å². The van der Waals surface area contributed by atoms with Crippen LogP contribution in [0, 0.1) is 6.92 Å². The second-order valence-electron chi connectivity index (χ2n) is 7.83. The van der Waals surface area contributed by atoms with Crippen molar-refractivity contribution in [2.45, 2.75) is 52.6 Å². The monoisotopic (exact) mass is 425 g/mol. The summed E-state index contributed by atoms with van der Waals surface area (Å²) in [7, 11) is 0. The van der Waals surface area contributed by atoms with Crippen LogP contribution in [0.25, 0.3) is 0 Å². The molecule has 158 valence electrons. The van der Waals surface area contributed by atoms with Gasteiger partial charge in [0.2, 0.25) is 0 Å². The molecule has 30 heavy (non-hydrogen) atoms. The normalized spacial score (nSPS) is 10.7. The van der Waals surface area contributed by atoms with Gasteiger partial charge in [0, 0.05) is 35.2 Å². The van der Waals surface area contributed by atoms with Crippen molar-refractivity contribution in [2.24, 2.45) is 0 Å². The quantitative estimate of drug-likeness (QED) is 0.510. The summed E-state index contributed by atoms with van der Waals surface area (Å²) < 4.78 is 4.55. The molecule has 0 atom stereocenters. The number of benzene rings is 1. The van der Waals surface area contributed by atoms with Crippen LogP contribution >= 0.6 is 11.6 Å². The molecule has 0 unspecified atom stereocenters. The SMILES string of the molecule is CC(C)(C)OC=O.Cc1ncnc(CCc2ccncc2)c1Cc1ccccc1Cl. The Hall–Kier alpha value is -2.79. The minimum absolute atomic E-state index is 0.318. The number of nitrogens with zero attached hydrogens (tertiary/aromatic N) is 3. The number of hydrogen-bond donors (Lipinski definition) is 0. The van der Waals surface area contributed by atoms with E-state index in [1.807, 2.05) is 70.4 Å². The van der Waals surface area contributed by atoms with E-state index >= 15 is 0 Å². The number of hydrogen-bond acceptors (Lipinski definition) is 5. The van der Waals surface area contributed by atoms with Gasteiger partial charge < -0.3 is 4.74 Å². The molecule has 3 aromatic rings. The van der Waals surface area contributed by atoms with Crippen LogP contribution in [-0.2, 0) is 28.8 Å². The molecule has 0 aliphatic rings. The predicted octanol–water partition coefficient (Wildman–Crippen LogP) is 5.17. The highest BCUT2D eigenvalue weighted by Gasteiger charge is 2.11. The fourth-order valence-electron chi connectivity index (χ4n) is 2.78. The van der Waals surface area contributed by atoms with Gasteiger partial charge in [0.1, 0.15) is 11.9 Å². The van der Waals surface area contributed by atoms with Gasteiger partial charge in [-0.05, 0) is 75.4 Å². The summed E-state index contributed by atoms with van der Waals surface area (Å²) in [6.45, 7) is 7.95. The smallest absolute Gasteiger partial charge is 0.293 e. The van der Waals surface area contributed by atoms with E-state index in [0.717, 1.165) is 41.2 Å². The number of rotatable bonds is 6. The Morgan fingerprint density at radius 1 is 1.03 bits per heavy atom. The van der Waals surface area contributed by atoms with Crippen molar-refractivity contribution in [3.05, 3.63) is 88.2 Å². The molecule has 0 aliphatic heterocycles. The molecule has 5 nitrogen and oxygen atoms in total. The van der Waals surface area contributed by atoms with Crippen molar-refractivity contribution in [3.63, 3.8) is 0 Å². The third-order valence-corrected chi connectivity index (χ3v) is 4.75. The van der Waals surface area contributed by atoms with Gasteiger partial charge in [0.15, 0.2) is 0 Å². The van der Waals surface area contributed by atoms with E-state index < -0.39 is 0 Å². The Bertz CT molecular complexity index is 941. The Kier molecular flexibility index (Phi) is 8.93. The van der Waals surface area contributed by atoms with Crippen molar-refractivity contribution in [2.75, 3.05) is 0 Å². The van der Waals surface area contributed by atoms with Gasteiger partial charge in [-0.1, -0.05) is 29.8 Å². The molecule has 1 aromatic carbocycles. The Morgan fingerprint density at radius 3 is 2.33 bits per heavy atom. The summed E-state index contributed by atoms with van der Waals surface area (Å²) in [5.41, 5.74) is 5.34. The van der Waals surface area contributed by atoms with Crippen molar-refractivity contribution >= 4 is 18.1 Å². The first-order valence-corrected chi connectivity index (χ1v) is 10.2. The number of aromatic nitrogens is 3. The van der Waals surface area contributed by atoms with Crippen molar-refractivity contribution in [3.8, 4) is 0 Å². The van der Waals surface area contributed by atoms with E-state index in [1.54, 1.807) is 6.33 Å². The first-order chi connectivity index (χ1) is 14.3. The van der Waals surface area contributed by atoms with E-state index in [2.05, 4.69) is 25.8 Å². The summed E-state index contributed by atoms with van der Waals surface area (Å²) in [5, 5.41) is 0.788. The predicted molar refractivity (Wildman–Crippen MR) is 120 cm³/mol. The molecular formula is C24H28ClN3O2. The molecule has 0 fully saturated rings. The van der Waals surface area contributed by atoms with Crippen LogP contribution in [0.3, 0.4) is 0 Å². The van der Waals surface area contributed by atoms with Gasteiger partial charge in [-0.25, -0.2) is 9.97 Å². The Labute approximate surface area is 183 Å². The molecule has 6 heteroatoms. The Balaban J connectivity index is 0.000000396. The first-order valence-electron chi connectivity index (χ1n) is 9.83. The molecule has 0 amide bonds.